The number of unbranched alkanes of at least 4 members (excludes halogenated alkanes) is 27. The second-order valence-electron chi connectivity index (χ2n) is 21.0. The summed E-state index contributed by atoms with van der Waals surface area (Å²) in [5.74, 6) is 0.401. The van der Waals surface area contributed by atoms with Gasteiger partial charge in [0.2, 0.25) is 5.91 Å². The molecule has 0 radical (unpaired) electrons. The number of nitrogens with zero attached hydrogens (tertiary/aromatic N) is 2. The molecule has 2 atom stereocenters. The van der Waals surface area contributed by atoms with Crippen molar-refractivity contribution in [2.75, 3.05) is 27.2 Å². The average molecular weight is 936 g/mol. The molecular formula is C59H118N2O5. The summed E-state index contributed by atoms with van der Waals surface area (Å²) in [6.07, 6.45) is 50.0. The third-order valence-electron chi connectivity index (χ3n) is 14.1. The second kappa shape index (κ2) is 50.2. The van der Waals surface area contributed by atoms with Gasteiger partial charge in [0.1, 0.15) is 6.10 Å². The fourth-order valence-electron chi connectivity index (χ4n) is 9.76. The van der Waals surface area contributed by atoms with Crippen LogP contribution in [0.2, 0.25) is 0 Å². The van der Waals surface area contributed by atoms with Crippen molar-refractivity contribution >= 4 is 11.9 Å². The lowest BCUT2D eigenvalue weighted by atomic mass is 9.97. The van der Waals surface area contributed by atoms with Crippen LogP contribution in [0, 0.1) is 0 Å². The Bertz CT molecular complexity index is 985. The van der Waals surface area contributed by atoms with Gasteiger partial charge in [0.25, 0.3) is 0 Å². The third kappa shape index (κ3) is 42.9. The molecule has 0 heterocycles. The van der Waals surface area contributed by atoms with Crippen LogP contribution in [0.4, 0.5) is 0 Å². The van der Waals surface area contributed by atoms with Gasteiger partial charge >= 0.3 is 5.97 Å². The molecule has 0 saturated carbocycles. The monoisotopic (exact) mass is 935 g/mol. The van der Waals surface area contributed by atoms with Gasteiger partial charge in [-0.15, -0.1) is 0 Å². The van der Waals surface area contributed by atoms with Gasteiger partial charge in [-0.3, -0.25) is 9.59 Å². The number of hydrogen-bond donors (Lipinski definition) is 1. The number of esters is 1. The summed E-state index contributed by atoms with van der Waals surface area (Å²) < 4.78 is 12.3. The lowest BCUT2D eigenvalue weighted by molar-refractivity contribution is -0.150. The van der Waals surface area contributed by atoms with Crippen LogP contribution in [-0.2, 0) is 19.1 Å². The summed E-state index contributed by atoms with van der Waals surface area (Å²) >= 11 is 0. The number of aliphatic hydroxyl groups excluding tert-OH is 1. The van der Waals surface area contributed by atoms with E-state index in [0.717, 1.165) is 96.6 Å². The molecule has 0 fully saturated rings. The fourth-order valence-corrected chi connectivity index (χ4v) is 9.76. The molecule has 1 amide bonds. The Morgan fingerprint density at radius 2 is 0.742 bits per heavy atom. The largest absolute Gasteiger partial charge is 0.462 e. The van der Waals surface area contributed by atoms with Crippen LogP contribution in [0.5, 0.6) is 0 Å². The molecular weight excluding hydrogens is 817 g/mol. The summed E-state index contributed by atoms with van der Waals surface area (Å²) in [5, 5.41) is 10.8. The first-order valence-electron chi connectivity index (χ1n) is 29.7. The molecule has 7 heteroatoms. The Hall–Kier alpha value is -1.18. The van der Waals surface area contributed by atoms with E-state index in [4.69, 9.17) is 9.47 Å². The molecule has 0 rings (SSSR count). The Labute approximate surface area is 413 Å². The van der Waals surface area contributed by atoms with E-state index >= 15 is 0 Å². The van der Waals surface area contributed by atoms with E-state index in [1.807, 2.05) is 0 Å². The van der Waals surface area contributed by atoms with Crippen molar-refractivity contribution in [3.05, 3.63) is 0 Å². The molecule has 0 aromatic carbocycles. The van der Waals surface area contributed by atoms with Gasteiger partial charge in [0, 0.05) is 25.4 Å². The first-order valence-corrected chi connectivity index (χ1v) is 29.7. The number of amides is 1. The molecule has 2 unspecified atom stereocenters. The van der Waals surface area contributed by atoms with Crippen molar-refractivity contribution in [2.24, 2.45) is 0 Å². The molecule has 0 spiro atoms. The molecule has 0 aliphatic rings. The number of aliphatic hydroxyl groups is 1. The molecule has 0 bridgehead atoms. The highest BCUT2D eigenvalue weighted by Crippen LogP contribution is 2.24. The minimum atomic E-state index is -0.628. The quantitative estimate of drug-likeness (QED) is 0.0372. The zero-order valence-electron chi connectivity index (χ0n) is 45.8. The van der Waals surface area contributed by atoms with E-state index in [1.165, 1.54) is 186 Å². The zero-order valence-corrected chi connectivity index (χ0v) is 45.8. The zero-order chi connectivity index (χ0) is 48.6. The summed E-state index contributed by atoms with van der Waals surface area (Å²) in [6, 6.07) is 0.329. The van der Waals surface area contributed by atoms with Crippen LogP contribution in [0.25, 0.3) is 0 Å². The van der Waals surface area contributed by atoms with Crippen molar-refractivity contribution in [3.8, 4) is 0 Å². The highest BCUT2D eigenvalue weighted by Gasteiger charge is 2.23. The third-order valence-corrected chi connectivity index (χ3v) is 14.1. The minimum absolute atomic E-state index is 0.0162. The Morgan fingerprint density at radius 1 is 0.394 bits per heavy atom. The van der Waals surface area contributed by atoms with Gasteiger partial charge in [0.15, 0.2) is 6.29 Å². The maximum absolute atomic E-state index is 14.0. The first-order chi connectivity index (χ1) is 32.2. The van der Waals surface area contributed by atoms with Crippen LogP contribution in [0.15, 0.2) is 0 Å². The standard InChI is InChI=1S/C59H118N2O5/c1-8-13-18-23-30-39-49-57(62)61(53-42-52-60(6)7)54(43-33-28-24-26-31-40-50-58(63)65-55(45-35-19-14-9-2)46-36-20-15-10-3)44-34-29-25-27-32-41-51-59(64)66-56(47-37-21-16-11-4)48-38-22-17-12-5/h54-56,58,63H,8-53H2,1-7H3. The second-order valence-corrected chi connectivity index (χ2v) is 21.0. The van der Waals surface area contributed by atoms with Crippen molar-refractivity contribution in [1.82, 2.24) is 9.80 Å². The Balaban J connectivity index is 5.08. The predicted molar refractivity (Wildman–Crippen MR) is 286 cm³/mol. The van der Waals surface area contributed by atoms with Gasteiger partial charge in [-0.25, -0.2) is 0 Å². The van der Waals surface area contributed by atoms with Crippen LogP contribution in [-0.4, -0.2) is 78.5 Å². The number of hydrogen-bond acceptors (Lipinski definition) is 6. The van der Waals surface area contributed by atoms with Crippen LogP contribution < -0.4 is 0 Å². The number of ether oxygens (including phenoxy) is 2. The molecule has 394 valence electrons. The number of carbonyl (C=O) groups excluding carboxylic acids is 2. The van der Waals surface area contributed by atoms with E-state index < -0.39 is 6.29 Å². The number of carbonyl (C=O) groups is 2. The minimum Gasteiger partial charge on any atom is -0.462 e. The summed E-state index contributed by atoms with van der Waals surface area (Å²) in [4.78, 5) is 31.4. The maximum atomic E-state index is 14.0. The van der Waals surface area contributed by atoms with Gasteiger partial charge in [-0.1, -0.05) is 221 Å². The van der Waals surface area contributed by atoms with E-state index in [0.29, 0.717) is 24.8 Å². The highest BCUT2D eigenvalue weighted by atomic mass is 16.6. The van der Waals surface area contributed by atoms with E-state index in [1.54, 1.807) is 0 Å². The highest BCUT2D eigenvalue weighted by molar-refractivity contribution is 5.76. The lowest BCUT2D eigenvalue weighted by Gasteiger charge is -2.33. The van der Waals surface area contributed by atoms with Crippen molar-refractivity contribution in [1.29, 1.82) is 0 Å². The van der Waals surface area contributed by atoms with Crippen LogP contribution in [0.3, 0.4) is 0 Å². The number of rotatable bonds is 53. The van der Waals surface area contributed by atoms with E-state index in [-0.39, 0.29) is 18.2 Å². The predicted octanol–water partition coefficient (Wildman–Crippen LogP) is 17.6. The van der Waals surface area contributed by atoms with Gasteiger partial charge < -0.3 is 24.4 Å². The van der Waals surface area contributed by atoms with Crippen LogP contribution >= 0.6 is 0 Å². The topological polar surface area (TPSA) is 79.3 Å². The molecule has 0 aromatic rings. The van der Waals surface area contributed by atoms with Crippen LogP contribution in [0.1, 0.15) is 317 Å². The van der Waals surface area contributed by atoms with Crippen molar-refractivity contribution in [3.63, 3.8) is 0 Å². The van der Waals surface area contributed by atoms with Crippen molar-refractivity contribution in [2.45, 2.75) is 342 Å². The molecule has 7 nitrogen and oxygen atoms in total. The summed E-state index contributed by atoms with van der Waals surface area (Å²) in [7, 11) is 4.28. The molecule has 66 heavy (non-hydrogen) atoms. The summed E-state index contributed by atoms with van der Waals surface area (Å²) in [6.45, 7) is 13.2. The lowest BCUT2D eigenvalue weighted by Crippen LogP contribution is -2.41. The first kappa shape index (κ1) is 64.8. The van der Waals surface area contributed by atoms with Gasteiger partial charge in [-0.05, 0) is 104 Å². The van der Waals surface area contributed by atoms with E-state index in [2.05, 4.69) is 58.5 Å². The molecule has 0 aliphatic carbocycles. The maximum Gasteiger partial charge on any atom is 0.306 e. The fraction of sp³-hybridized carbons (Fsp3) is 0.966. The molecule has 0 aromatic heterocycles. The van der Waals surface area contributed by atoms with E-state index in [9.17, 15) is 14.7 Å². The molecule has 0 saturated heterocycles. The molecule has 0 aliphatic heterocycles. The van der Waals surface area contributed by atoms with Crippen molar-refractivity contribution < 1.29 is 24.2 Å². The normalized spacial score (nSPS) is 12.8. The Morgan fingerprint density at radius 3 is 1.18 bits per heavy atom. The van der Waals surface area contributed by atoms with Gasteiger partial charge in [0.05, 0.1) is 6.10 Å². The average Bonchev–Trinajstić information content (AvgIpc) is 3.30. The summed E-state index contributed by atoms with van der Waals surface area (Å²) in [5.41, 5.74) is 0. The molecule has 1 N–H and O–H groups in total. The smallest absolute Gasteiger partial charge is 0.306 e. The van der Waals surface area contributed by atoms with Gasteiger partial charge in [-0.2, -0.15) is 0 Å². The Kier molecular flexibility index (Phi) is 49.3. The SMILES string of the molecule is CCCCCCCCC(=O)N(CCCN(C)C)C(CCCCCCCCC(=O)OC(CCCCCC)CCCCCC)CCCCCCCCC(O)OC(CCCCCC)CCCCCC.